The fraction of sp³-hybridized carbons (Fsp3) is 0.462. The molecule has 0 aliphatic carbocycles. The Morgan fingerprint density at radius 3 is 2.72 bits per heavy atom. The smallest absolute Gasteiger partial charge is 0.335 e. The van der Waals surface area contributed by atoms with E-state index in [4.69, 9.17) is 10.8 Å². The van der Waals surface area contributed by atoms with Crippen LogP contribution in [0.4, 0.5) is 11.4 Å². The van der Waals surface area contributed by atoms with Crippen LogP contribution in [-0.4, -0.2) is 49.2 Å². The molecule has 0 saturated carbocycles. The summed E-state index contributed by atoms with van der Waals surface area (Å²) in [5.74, 6) is -0.944. The van der Waals surface area contributed by atoms with Crippen LogP contribution in [0.1, 0.15) is 16.8 Å². The number of anilines is 2. The lowest BCUT2D eigenvalue weighted by Gasteiger charge is -2.23. The Labute approximate surface area is 107 Å². The lowest BCUT2D eigenvalue weighted by molar-refractivity contribution is 0.0697. The van der Waals surface area contributed by atoms with Crippen molar-refractivity contribution in [2.24, 2.45) is 0 Å². The molecule has 0 bridgehead atoms. The van der Waals surface area contributed by atoms with Crippen LogP contribution in [0.3, 0.4) is 0 Å². The maximum Gasteiger partial charge on any atom is 0.335 e. The minimum absolute atomic E-state index is 0.236. The first-order valence-corrected chi connectivity index (χ1v) is 6.03. The predicted molar refractivity (Wildman–Crippen MR) is 72.1 cm³/mol. The van der Waals surface area contributed by atoms with Crippen LogP contribution in [0.5, 0.6) is 0 Å². The van der Waals surface area contributed by atoms with E-state index in [0.717, 1.165) is 25.2 Å². The van der Waals surface area contributed by atoms with E-state index in [2.05, 4.69) is 23.9 Å². The maximum atomic E-state index is 10.9. The molecule has 2 rings (SSSR count). The average molecular weight is 249 g/mol. The number of benzene rings is 1. The number of carbonyl (C=O) groups is 1. The molecule has 18 heavy (non-hydrogen) atoms. The van der Waals surface area contributed by atoms with Crippen LogP contribution >= 0.6 is 0 Å². The van der Waals surface area contributed by atoms with Gasteiger partial charge in [0.15, 0.2) is 0 Å². The van der Waals surface area contributed by atoms with Gasteiger partial charge in [-0.25, -0.2) is 4.79 Å². The molecule has 1 atom stereocenters. The maximum absolute atomic E-state index is 10.9. The number of hydrogen-bond acceptors (Lipinski definition) is 4. The molecule has 1 aliphatic rings. The van der Waals surface area contributed by atoms with Crippen LogP contribution in [0.25, 0.3) is 0 Å². The van der Waals surface area contributed by atoms with Gasteiger partial charge in [-0.1, -0.05) is 0 Å². The van der Waals surface area contributed by atoms with Gasteiger partial charge in [0.1, 0.15) is 0 Å². The number of likely N-dealkylation sites (N-methyl/N-ethyl adjacent to an activating group) is 1. The normalized spacial score (nSPS) is 19.5. The summed E-state index contributed by atoms with van der Waals surface area (Å²) in [5.41, 5.74) is 7.65. The quantitative estimate of drug-likeness (QED) is 0.785. The highest BCUT2D eigenvalue weighted by Gasteiger charge is 2.25. The van der Waals surface area contributed by atoms with Crippen molar-refractivity contribution in [2.45, 2.75) is 12.5 Å². The molecule has 3 N–H and O–H groups in total. The molecule has 5 nitrogen and oxygen atoms in total. The molecule has 0 aromatic heterocycles. The zero-order chi connectivity index (χ0) is 13.3. The van der Waals surface area contributed by atoms with Crippen molar-refractivity contribution in [1.82, 2.24) is 4.90 Å². The molecule has 0 spiro atoms. The van der Waals surface area contributed by atoms with E-state index in [9.17, 15) is 4.79 Å². The largest absolute Gasteiger partial charge is 0.478 e. The molecule has 1 aromatic rings. The Morgan fingerprint density at radius 1 is 1.50 bits per heavy atom. The highest BCUT2D eigenvalue weighted by molar-refractivity contribution is 5.90. The van der Waals surface area contributed by atoms with E-state index in [1.165, 1.54) is 6.07 Å². The first kappa shape index (κ1) is 12.7. The van der Waals surface area contributed by atoms with Gasteiger partial charge in [0.2, 0.25) is 0 Å². The van der Waals surface area contributed by atoms with E-state index in [1.54, 1.807) is 12.1 Å². The molecule has 1 heterocycles. The minimum Gasteiger partial charge on any atom is -0.478 e. The summed E-state index contributed by atoms with van der Waals surface area (Å²) in [7, 11) is 4.15. The molecular weight excluding hydrogens is 230 g/mol. The summed E-state index contributed by atoms with van der Waals surface area (Å²) in [6.07, 6.45) is 1.10. The molecule has 1 fully saturated rings. The van der Waals surface area contributed by atoms with Crippen molar-refractivity contribution < 1.29 is 9.90 Å². The van der Waals surface area contributed by atoms with Crippen molar-refractivity contribution in [2.75, 3.05) is 37.8 Å². The summed E-state index contributed by atoms with van der Waals surface area (Å²) in [6, 6.07) is 5.47. The van der Waals surface area contributed by atoms with Crippen LogP contribution in [0.15, 0.2) is 18.2 Å². The fourth-order valence-corrected chi connectivity index (χ4v) is 2.36. The summed E-state index contributed by atoms with van der Waals surface area (Å²) in [4.78, 5) is 15.3. The molecule has 1 aliphatic heterocycles. The Hall–Kier alpha value is -1.75. The predicted octanol–water partition coefficient (Wildman–Crippen LogP) is 1.11. The zero-order valence-corrected chi connectivity index (χ0v) is 10.8. The molecule has 1 saturated heterocycles. The van der Waals surface area contributed by atoms with Crippen LogP contribution in [0.2, 0.25) is 0 Å². The number of hydrogen-bond donors (Lipinski definition) is 2. The van der Waals surface area contributed by atoms with E-state index < -0.39 is 5.97 Å². The molecule has 0 amide bonds. The van der Waals surface area contributed by atoms with Crippen molar-refractivity contribution in [3.05, 3.63) is 23.8 Å². The molecule has 5 heteroatoms. The van der Waals surface area contributed by atoms with Gasteiger partial charge in [-0.05, 0) is 38.7 Å². The number of nitrogens with zero attached hydrogens (tertiary/aromatic N) is 2. The van der Waals surface area contributed by atoms with Gasteiger partial charge in [-0.3, -0.25) is 0 Å². The number of aromatic carboxylic acids is 1. The summed E-state index contributed by atoms with van der Waals surface area (Å²) < 4.78 is 0. The number of nitrogen functional groups attached to an aromatic ring is 1. The van der Waals surface area contributed by atoms with Gasteiger partial charge in [-0.2, -0.15) is 0 Å². The molecule has 1 unspecified atom stereocenters. The van der Waals surface area contributed by atoms with E-state index in [1.807, 2.05) is 0 Å². The van der Waals surface area contributed by atoms with Gasteiger partial charge in [-0.15, -0.1) is 0 Å². The van der Waals surface area contributed by atoms with Gasteiger partial charge in [0.05, 0.1) is 16.9 Å². The molecule has 1 aromatic carbocycles. The zero-order valence-electron chi connectivity index (χ0n) is 10.8. The third-order valence-electron chi connectivity index (χ3n) is 3.51. The fourth-order valence-electron chi connectivity index (χ4n) is 2.36. The lowest BCUT2D eigenvalue weighted by Crippen LogP contribution is -2.31. The van der Waals surface area contributed by atoms with Crippen molar-refractivity contribution in [3.63, 3.8) is 0 Å². The van der Waals surface area contributed by atoms with Gasteiger partial charge in [0, 0.05) is 19.1 Å². The SMILES string of the molecule is CN(C)C1CCN(c2ccc(C(=O)O)cc2N)C1. The Kier molecular flexibility index (Phi) is 3.43. The third kappa shape index (κ3) is 2.41. The van der Waals surface area contributed by atoms with Gasteiger partial charge in [0.25, 0.3) is 0 Å². The first-order valence-electron chi connectivity index (χ1n) is 6.03. The standard InChI is InChI=1S/C13H19N3O2/c1-15(2)10-5-6-16(8-10)12-4-3-9(13(17)18)7-11(12)14/h3-4,7,10H,5-6,8,14H2,1-2H3,(H,17,18). The molecule has 0 radical (unpaired) electrons. The third-order valence-corrected chi connectivity index (χ3v) is 3.51. The van der Waals surface area contributed by atoms with E-state index in [0.29, 0.717) is 11.7 Å². The topological polar surface area (TPSA) is 69.8 Å². The Bertz CT molecular complexity index is 460. The highest BCUT2D eigenvalue weighted by Crippen LogP contribution is 2.28. The van der Waals surface area contributed by atoms with Crippen molar-refractivity contribution in [3.8, 4) is 0 Å². The number of rotatable bonds is 3. The van der Waals surface area contributed by atoms with Gasteiger partial charge >= 0.3 is 5.97 Å². The number of carboxylic acid groups (broad SMARTS) is 1. The summed E-state index contributed by atoms with van der Waals surface area (Å²) >= 11 is 0. The van der Waals surface area contributed by atoms with E-state index in [-0.39, 0.29) is 5.56 Å². The van der Waals surface area contributed by atoms with Gasteiger partial charge < -0.3 is 20.6 Å². The summed E-state index contributed by atoms with van der Waals surface area (Å²) in [6.45, 7) is 1.89. The molecular formula is C13H19N3O2. The lowest BCUT2D eigenvalue weighted by atomic mass is 10.1. The number of carboxylic acids is 1. The second-order valence-electron chi connectivity index (χ2n) is 4.93. The van der Waals surface area contributed by atoms with Crippen LogP contribution < -0.4 is 10.6 Å². The Morgan fingerprint density at radius 2 is 2.22 bits per heavy atom. The first-order chi connectivity index (χ1) is 8.49. The van der Waals surface area contributed by atoms with Crippen molar-refractivity contribution in [1.29, 1.82) is 0 Å². The average Bonchev–Trinajstić information content (AvgIpc) is 2.78. The second kappa shape index (κ2) is 4.86. The second-order valence-corrected chi connectivity index (χ2v) is 4.93. The number of nitrogens with two attached hydrogens (primary N) is 1. The van der Waals surface area contributed by atoms with Crippen LogP contribution in [0, 0.1) is 0 Å². The highest BCUT2D eigenvalue weighted by atomic mass is 16.4. The monoisotopic (exact) mass is 249 g/mol. The Balaban J connectivity index is 2.18. The summed E-state index contributed by atoms with van der Waals surface area (Å²) in [5, 5.41) is 8.90. The van der Waals surface area contributed by atoms with Crippen LogP contribution in [-0.2, 0) is 0 Å². The molecule has 98 valence electrons. The van der Waals surface area contributed by atoms with E-state index >= 15 is 0 Å². The van der Waals surface area contributed by atoms with Crippen molar-refractivity contribution >= 4 is 17.3 Å². The minimum atomic E-state index is -0.944.